The van der Waals surface area contributed by atoms with Gasteiger partial charge in [-0.3, -0.25) is 10.3 Å². The van der Waals surface area contributed by atoms with Gasteiger partial charge in [0.2, 0.25) is 5.96 Å². The van der Waals surface area contributed by atoms with Gasteiger partial charge in [-0.05, 0) is 6.92 Å². The number of aromatic amines is 1. The number of hydrogen-bond acceptors (Lipinski definition) is 4. The van der Waals surface area contributed by atoms with Gasteiger partial charge in [0, 0.05) is 20.6 Å². The Balaban J connectivity index is 2.46. The summed E-state index contributed by atoms with van der Waals surface area (Å²) in [4.78, 5) is 13.4. The van der Waals surface area contributed by atoms with Crippen LogP contribution in [-0.2, 0) is 0 Å². The lowest BCUT2D eigenvalue weighted by molar-refractivity contribution is 0.857. The molecule has 0 spiro atoms. The van der Waals surface area contributed by atoms with Gasteiger partial charge in [-0.25, -0.2) is 4.98 Å². The first-order valence-electron chi connectivity index (χ1n) is 5.27. The van der Waals surface area contributed by atoms with Crippen LogP contribution in [-0.4, -0.2) is 43.1 Å². The zero-order chi connectivity index (χ0) is 12.7. The molecule has 1 rings (SSSR count). The number of hydrogen-bond donors (Lipinski definition) is 3. The molecule has 0 saturated carbocycles. The fraction of sp³-hybridized carbons (Fsp3) is 0.500. The molecule has 0 amide bonds. The summed E-state index contributed by atoms with van der Waals surface area (Å²) in [6.45, 7) is 3.27. The summed E-state index contributed by atoms with van der Waals surface area (Å²) < 4.78 is 0. The Bertz CT molecular complexity index is 415. The number of aromatic nitrogens is 2. The third kappa shape index (κ3) is 3.68. The van der Waals surface area contributed by atoms with E-state index in [9.17, 15) is 0 Å². The van der Waals surface area contributed by atoms with E-state index in [1.807, 2.05) is 25.1 Å². The smallest absolute Gasteiger partial charge is 0.204 e. The van der Waals surface area contributed by atoms with E-state index in [-0.39, 0.29) is 0 Å². The number of guanidine groups is 1. The molecule has 7 nitrogen and oxygen atoms in total. The van der Waals surface area contributed by atoms with E-state index < -0.39 is 0 Å². The monoisotopic (exact) mass is 235 g/mol. The maximum Gasteiger partial charge on any atom is 0.204 e. The SMILES string of the molecule is CNC(=NCCN(C)c1nc[nH]c1C)NC#N. The molecule has 0 aromatic carbocycles. The van der Waals surface area contributed by atoms with Crippen molar-refractivity contribution in [2.45, 2.75) is 6.92 Å². The average molecular weight is 235 g/mol. The molecule has 0 aliphatic heterocycles. The van der Waals surface area contributed by atoms with E-state index in [0.29, 0.717) is 12.5 Å². The second-order valence-electron chi connectivity index (χ2n) is 3.49. The van der Waals surface area contributed by atoms with E-state index in [1.54, 1.807) is 13.4 Å². The van der Waals surface area contributed by atoms with Crippen molar-refractivity contribution >= 4 is 11.8 Å². The molecular weight excluding hydrogens is 218 g/mol. The van der Waals surface area contributed by atoms with Crippen LogP contribution in [0.25, 0.3) is 0 Å². The summed E-state index contributed by atoms with van der Waals surface area (Å²) in [7, 11) is 3.67. The largest absolute Gasteiger partial charge is 0.359 e. The Hall–Kier alpha value is -2.23. The zero-order valence-corrected chi connectivity index (χ0v) is 10.3. The summed E-state index contributed by atoms with van der Waals surface area (Å²) in [6.07, 6.45) is 3.49. The summed E-state index contributed by atoms with van der Waals surface area (Å²) in [5.41, 5.74) is 1.03. The third-order valence-corrected chi connectivity index (χ3v) is 2.28. The molecular formula is C10H17N7. The molecule has 0 radical (unpaired) electrons. The molecule has 0 atom stereocenters. The van der Waals surface area contributed by atoms with Gasteiger partial charge in [-0.2, -0.15) is 5.26 Å². The van der Waals surface area contributed by atoms with E-state index in [0.717, 1.165) is 18.1 Å². The second kappa shape index (κ2) is 6.37. The number of nitrogens with one attached hydrogen (secondary N) is 3. The summed E-state index contributed by atoms with van der Waals surface area (Å²) >= 11 is 0. The lowest BCUT2D eigenvalue weighted by Crippen LogP contribution is -2.32. The van der Waals surface area contributed by atoms with Crippen LogP contribution in [0.15, 0.2) is 11.3 Å². The first-order valence-corrected chi connectivity index (χ1v) is 5.27. The van der Waals surface area contributed by atoms with Crippen molar-refractivity contribution in [2.75, 3.05) is 32.1 Å². The lowest BCUT2D eigenvalue weighted by atomic mass is 10.4. The number of likely N-dealkylation sites (N-methyl/N-ethyl adjacent to an activating group) is 1. The van der Waals surface area contributed by atoms with Crippen LogP contribution in [0, 0.1) is 18.4 Å². The predicted molar refractivity (Wildman–Crippen MR) is 66.7 cm³/mol. The highest BCUT2D eigenvalue weighted by atomic mass is 15.2. The molecule has 0 saturated heterocycles. The summed E-state index contributed by atoms with van der Waals surface area (Å²) in [5, 5.41) is 13.7. The molecule has 1 aromatic heterocycles. The van der Waals surface area contributed by atoms with Crippen LogP contribution < -0.4 is 15.5 Å². The van der Waals surface area contributed by atoms with Crippen molar-refractivity contribution in [2.24, 2.45) is 4.99 Å². The second-order valence-corrected chi connectivity index (χ2v) is 3.49. The molecule has 3 N–H and O–H groups in total. The fourth-order valence-electron chi connectivity index (χ4n) is 1.39. The Kier molecular flexibility index (Phi) is 4.81. The van der Waals surface area contributed by atoms with E-state index in [4.69, 9.17) is 5.26 Å². The standard InChI is InChI=1S/C10H17N7/c1-8-9(16-7-15-8)17(3)5-4-13-10(12-2)14-6-11/h7H,4-5H2,1-3H3,(H,15,16)(H2,12,13,14). The highest BCUT2D eigenvalue weighted by Gasteiger charge is 2.05. The van der Waals surface area contributed by atoms with E-state index in [2.05, 4.69) is 25.6 Å². The number of aliphatic imine (C=N–C) groups is 1. The van der Waals surface area contributed by atoms with Crippen molar-refractivity contribution < 1.29 is 0 Å². The number of anilines is 1. The number of rotatable bonds is 4. The Morgan fingerprint density at radius 1 is 1.71 bits per heavy atom. The van der Waals surface area contributed by atoms with Crippen molar-refractivity contribution in [1.82, 2.24) is 20.6 Å². The molecule has 7 heteroatoms. The molecule has 0 aliphatic carbocycles. The summed E-state index contributed by atoms with van der Waals surface area (Å²) in [5.74, 6) is 1.39. The average Bonchev–Trinajstić information content (AvgIpc) is 2.74. The molecule has 92 valence electrons. The first-order chi connectivity index (χ1) is 8.19. The molecule has 0 fully saturated rings. The number of aryl methyl sites for hydroxylation is 1. The van der Waals surface area contributed by atoms with Crippen LogP contribution in [0.1, 0.15) is 5.69 Å². The van der Waals surface area contributed by atoms with Gasteiger partial charge in [0.25, 0.3) is 0 Å². The third-order valence-electron chi connectivity index (χ3n) is 2.28. The minimum Gasteiger partial charge on any atom is -0.359 e. The molecule has 17 heavy (non-hydrogen) atoms. The Morgan fingerprint density at radius 3 is 3.00 bits per heavy atom. The van der Waals surface area contributed by atoms with Gasteiger partial charge in [0.05, 0.1) is 18.6 Å². The van der Waals surface area contributed by atoms with Crippen LogP contribution in [0.5, 0.6) is 0 Å². The Morgan fingerprint density at radius 2 is 2.47 bits per heavy atom. The topological polar surface area (TPSA) is 92.1 Å². The van der Waals surface area contributed by atoms with Crippen molar-refractivity contribution in [3.05, 3.63) is 12.0 Å². The van der Waals surface area contributed by atoms with Crippen molar-refractivity contribution in [3.63, 3.8) is 0 Å². The van der Waals surface area contributed by atoms with Crippen LogP contribution in [0.2, 0.25) is 0 Å². The number of nitrogens with zero attached hydrogens (tertiary/aromatic N) is 4. The summed E-state index contributed by atoms with van der Waals surface area (Å²) in [6, 6.07) is 0. The number of nitriles is 1. The number of H-pyrrole nitrogens is 1. The minimum absolute atomic E-state index is 0.472. The van der Waals surface area contributed by atoms with Gasteiger partial charge in [0.15, 0.2) is 6.19 Å². The zero-order valence-electron chi connectivity index (χ0n) is 10.3. The van der Waals surface area contributed by atoms with Crippen molar-refractivity contribution in [1.29, 1.82) is 5.26 Å². The maximum absolute atomic E-state index is 8.46. The number of imidazole rings is 1. The fourth-order valence-corrected chi connectivity index (χ4v) is 1.39. The molecule has 1 heterocycles. The van der Waals surface area contributed by atoms with Gasteiger partial charge < -0.3 is 15.2 Å². The van der Waals surface area contributed by atoms with Crippen LogP contribution in [0.4, 0.5) is 5.82 Å². The van der Waals surface area contributed by atoms with Crippen molar-refractivity contribution in [3.8, 4) is 6.19 Å². The van der Waals surface area contributed by atoms with Gasteiger partial charge in [0.1, 0.15) is 5.82 Å². The Labute approximate surface area is 101 Å². The van der Waals surface area contributed by atoms with Gasteiger partial charge in [-0.15, -0.1) is 0 Å². The normalized spacial score (nSPS) is 10.8. The lowest BCUT2D eigenvalue weighted by Gasteiger charge is -2.16. The molecule has 1 aromatic rings. The van der Waals surface area contributed by atoms with Crippen LogP contribution in [0.3, 0.4) is 0 Å². The minimum atomic E-state index is 0.472. The van der Waals surface area contributed by atoms with E-state index in [1.165, 1.54) is 0 Å². The van der Waals surface area contributed by atoms with E-state index >= 15 is 0 Å². The molecule has 0 unspecified atom stereocenters. The first kappa shape index (κ1) is 12.8. The van der Waals surface area contributed by atoms with Gasteiger partial charge in [-0.1, -0.05) is 0 Å². The molecule has 0 bridgehead atoms. The molecule has 0 aliphatic rings. The van der Waals surface area contributed by atoms with Gasteiger partial charge >= 0.3 is 0 Å². The highest BCUT2D eigenvalue weighted by Crippen LogP contribution is 2.11. The van der Waals surface area contributed by atoms with Crippen LogP contribution >= 0.6 is 0 Å². The quantitative estimate of drug-likeness (QED) is 0.291. The maximum atomic E-state index is 8.46. The highest BCUT2D eigenvalue weighted by molar-refractivity contribution is 5.80. The predicted octanol–water partition coefficient (Wildman–Crippen LogP) is -0.200.